The van der Waals surface area contributed by atoms with Crippen molar-refractivity contribution in [1.29, 1.82) is 0 Å². The predicted molar refractivity (Wildman–Crippen MR) is 75.6 cm³/mol. The Bertz CT molecular complexity index is 470. The largest absolute Gasteiger partial charge is 0.497 e. The molecule has 4 nitrogen and oxygen atoms in total. The van der Waals surface area contributed by atoms with E-state index in [1.54, 1.807) is 24.3 Å². The highest BCUT2D eigenvalue weighted by atomic mass is 35.5. The molecule has 1 unspecified atom stereocenters. The Hall–Kier alpha value is -0.780. The van der Waals surface area contributed by atoms with Gasteiger partial charge in [-0.3, -0.25) is 0 Å². The van der Waals surface area contributed by atoms with Crippen LogP contribution in [0.1, 0.15) is 19.3 Å². The molecule has 0 aromatic heterocycles. The number of rotatable bonds is 8. The molecule has 0 radical (unpaired) electrons. The van der Waals surface area contributed by atoms with Crippen LogP contribution in [0.4, 0.5) is 0 Å². The fourth-order valence-corrected chi connectivity index (χ4v) is 3.18. The second-order valence-corrected chi connectivity index (χ2v) is 6.72. The third kappa shape index (κ3) is 5.38. The Morgan fingerprint density at radius 2 is 1.89 bits per heavy atom. The van der Waals surface area contributed by atoms with Crippen molar-refractivity contribution in [2.24, 2.45) is 0 Å². The molecule has 0 amide bonds. The Labute approximate surface area is 119 Å². The van der Waals surface area contributed by atoms with Crippen molar-refractivity contribution in [2.45, 2.75) is 30.3 Å². The number of halogens is 1. The summed E-state index contributed by atoms with van der Waals surface area (Å²) in [5.41, 5.74) is 0. The van der Waals surface area contributed by atoms with Gasteiger partial charge in [0.2, 0.25) is 0 Å². The topological polar surface area (TPSA) is 63.6 Å². The summed E-state index contributed by atoms with van der Waals surface area (Å²) in [4.78, 5) is 0.297. The Morgan fingerprint density at radius 3 is 2.42 bits per heavy atom. The van der Waals surface area contributed by atoms with E-state index in [2.05, 4.69) is 0 Å². The molecule has 1 atom stereocenters. The van der Waals surface area contributed by atoms with Crippen molar-refractivity contribution >= 4 is 21.4 Å². The third-order valence-corrected chi connectivity index (χ3v) is 4.97. The van der Waals surface area contributed by atoms with E-state index in [0.29, 0.717) is 29.9 Å². The lowest BCUT2D eigenvalue weighted by atomic mass is 10.2. The van der Waals surface area contributed by atoms with E-state index in [-0.39, 0.29) is 11.6 Å². The summed E-state index contributed by atoms with van der Waals surface area (Å²) in [5, 5.41) is 9.27. The van der Waals surface area contributed by atoms with E-state index in [1.165, 1.54) is 7.11 Å². The number of sulfone groups is 1. The van der Waals surface area contributed by atoms with Crippen molar-refractivity contribution < 1.29 is 18.3 Å². The van der Waals surface area contributed by atoms with E-state index in [1.807, 2.05) is 0 Å². The van der Waals surface area contributed by atoms with Crippen molar-refractivity contribution in [2.75, 3.05) is 18.7 Å². The second kappa shape index (κ2) is 7.72. The second-order valence-electron chi connectivity index (χ2n) is 4.30. The molecule has 19 heavy (non-hydrogen) atoms. The van der Waals surface area contributed by atoms with Gasteiger partial charge < -0.3 is 9.84 Å². The molecule has 6 heteroatoms. The Balaban J connectivity index is 2.51. The van der Waals surface area contributed by atoms with Gasteiger partial charge in [0.1, 0.15) is 5.75 Å². The lowest BCUT2D eigenvalue weighted by Gasteiger charge is -2.07. The smallest absolute Gasteiger partial charge is 0.178 e. The average molecular weight is 307 g/mol. The number of methoxy groups -OCH3 is 1. The van der Waals surface area contributed by atoms with Gasteiger partial charge in [-0.05, 0) is 43.5 Å². The molecule has 0 spiro atoms. The van der Waals surface area contributed by atoms with Crippen molar-refractivity contribution in [1.82, 2.24) is 0 Å². The van der Waals surface area contributed by atoms with Crippen LogP contribution in [-0.4, -0.2) is 38.4 Å². The number of unbranched alkanes of at least 4 members (excludes halogenated alkanes) is 1. The summed E-state index contributed by atoms with van der Waals surface area (Å²) in [5.74, 6) is 0.892. The maximum absolute atomic E-state index is 12.0. The zero-order valence-electron chi connectivity index (χ0n) is 10.9. The minimum absolute atomic E-state index is 0.0777. The molecular weight excluding hydrogens is 288 g/mol. The molecule has 0 aliphatic heterocycles. The van der Waals surface area contributed by atoms with E-state index in [9.17, 15) is 13.5 Å². The molecular formula is C13H19ClO4S. The van der Waals surface area contributed by atoms with Gasteiger partial charge >= 0.3 is 0 Å². The minimum Gasteiger partial charge on any atom is -0.497 e. The summed E-state index contributed by atoms with van der Waals surface area (Å²) in [7, 11) is -1.73. The zero-order chi connectivity index (χ0) is 14.3. The molecule has 0 saturated heterocycles. The third-order valence-electron chi connectivity index (χ3n) is 2.80. The van der Waals surface area contributed by atoms with E-state index in [4.69, 9.17) is 16.3 Å². The fraction of sp³-hybridized carbons (Fsp3) is 0.538. The molecule has 0 aliphatic carbocycles. The van der Waals surface area contributed by atoms with Gasteiger partial charge in [-0.1, -0.05) is 0 Å². The van der Waals surface area contributed by atoms with Crippen LogP contribution in [0.5, 0.6) is 5.75 Å². The van der Waals surface area contributed by atoms with Crippen molar-refractivity contribution in [3.63, 3.8) is 0 Å². The van der Waals surface area contributed by atoms with Crippen LogP contribution >= 0.6 is 11.6 Å². The summed E-state index contributed by atoms with van der Waals surface area (Å²) in [6.07, 6.45) is 1.14. The lowest BCUT2D eigenvalue weighted by molar-refractivity contribution is 0.184. The number of aliphatic hydroxyl groups is 1. The first kappa shape index (κ1) is 16.3. The SMILES string of the molecule is COc1ccc(S(=O)(=O)CCCCC(O)CCl)cc1. The minimum atomic E-state index is -3.26. The van der Waals surface area contributed by atoms with E-state index >= 15 is 0 Å². The highest BCUT2D eigenvalue weighted by Gasteiger charge is 2.14. The van der Waals surface area contributed by atoms with Gasteiger partial charge in [-0.25, -0.2) is 8.42 Å². The molecule has 0 saturated carbocycles. The average Bonchev–Trinajstić information content (AvgIpc) is 2.43. The van der Waals surface area contributed by atoms with Crippen molar-refractivity contribution in [3.8, 4) is 5.75 Å². The van der Waals surface area contributed by atoms with Gasteiger partial charge in [0.25, 0.3) is 0 Å². The molecule has 0 aliphatic rings. The first-order valence-electron chi connectivity index (χ1n) is 6.10. The quantitative estimate of drug-likeness (QED) is 0.591. The van der Waals surface area contributed by atoms with Gasteiger partial charge in [0.15, 0.2) is 9.84 Å². The molecule has 0 bridgehead atoms. The first-order valence-corrected chi connectivity index (χ1v) is 8.29. The number of hydrogen-bond acceptors (Lipinski definition) is 4. The molecule has 1 rings (SSSR count). The van der Waals surface area contributed by atoms with Gasteiger partial charge in [0, 0.05) is 5.88 Å². The predicted octanol–water partition coefficient (Wildman–Crippen LogP) is 2.24. The zero-order valence-corrected chi connectivity index (χ0v) is 12.5. The maximum atomic E-state index is 12.0. The van der Waals surface area contributed by atoms with Crippen LogP contribution in [0, 0.1) is 0 Å². The normalized spacial score (nSPS) is 13.2. The van der Waals surface area contributed by atoms with Crippen LogP contribution in [0.3, 0.4) is 0 Å². The molecule has 1 N–H and O–H groups in total. The highest BCUT2D eigenvalue weighted by molar-refractivity contribution is 7.91. The molecule has 1 aromatic rings. The monoisotopic (exact) mass is 306 g/mol. The maximum Gasteiger partial charge on any atom is 0.178 e. The molecule has 0 heterocycles. The Morgan fingerprint density at radius 1 is 1.26 bits per heavy atom. The van der Waals surface area contributed by atoms with E-state index in [0.717, 1.165) is 0 Å². The number of aliphatic hydroxyl groups excluding tert-OH is 1. The highest BCUT2D eigenvalue weighted by Crippen LogP contribution is 2.18. The Kier molecular flexibility index (Phi) is 6.62. The summed E-state index contributed by atoms with van der Waals surface area (Å²) in [6.45, 7) is 0. The van der Waals surface area contributed by atoms with E-state index < -0.39 is 15.9 Å². The number of alkyl halides is 1. The van der Waals surface area contributed by atoms with Crippen molar-refractivity contribution in [3.05, 3.63) is 24.3 Å². The number of hydrogen-bond donors (Lipinski definition) is 1. The number of benzene rings is 1. The fourth-order valence-electron chi connectivity index (χ4n) is 1.65. The van der Waals surface area contributed by atoms with Crippen LogP contribution in [0.15, 0.2) is 29.2 Å². The van der Waals surface area contributed by atoms with Gasteiger partial charge in [-0.15, -0.1) is 11.6 Å². The lowest BCUT2D eigenvalue weighted by Crippen LogP contribution is -2.10. The van der Waals surface area contributed by atoms with Crippen LogP contribution in [0.25, 0.3) is 0 Å². The van der Waals surface area contributed by atoms with Gasteiger partial charge in [0.05, 0.1) is 23.9 Å². The van der Waals surface area contributed by atoms with Crippen LogP contribution in [0.2, 0.25) is 0 Å². The number of ether oxygens (including phenoxy) is 1. The van der Waals surface area contributed by atoms with Crippen LogP contribution in [-0.2, 0) is 9.84 Å². The van der Waals surface area contributed by atoms with Gasteiger partial charge in [-0.2, -0.15) is 0 Å². The summed E-state index contributed by atoms with van der Waals surface area (Å²) in [6, 6.07) is 6.35. The molecule has 108 valence electrons. The molecule has 1 aromatic carbocycles. The standard InChI is InChI=1S/C13H19ClO4S/c1-18-12-5-7-13(8-6-12)19(16,17)9-3-2-4-11(15)10-14/h5-8,11,15H,2-4,9-10H2,1H3. The molecule has 0 fully saturated rings. The first-order chi connectivity index (χ1) is 8.99. The van der Waals surface area contributed by atoms with Crippen LogP contribution < -0.4 is 4.74 Å². The summed E-state index contributed by atoms with van der Waals surface area (Å²) >= 11 is 5.47. The summed E-state index contributed by atoms with van der Waals surface area (Å²) < 4.78 is 29.0.